The molecule has 27 heavy (non-hydrogen) atoms. The minimum atomic E-state index is -0.165. The first-order chi connectivity index (χ1) is 13.1. The summed E-state index contributed by atoms with van der Waals surface area (Å²) in [5.74, 6) is 0.757. The van der Waals surface area contributed by atoms with Crippen molar-refractivity contribution in [3.05, 3.63) is 72.3 Å². The highest BCUT2D eigenvalue weighted by atomic mass is 16.5. The van der Waals surface area contributed by atoms with Gasteiger partial charge in [0, 0.05) is 0 Å². The third-order valence-corrected chi connectivity index (χ3v) is 6.15. The number of hydrogen-bond acceptors (Lipinski definition) is 3. The Bertz CT molecular complexity index is 888. The lowest BCUT2D eigenvalue weighted by atomic mass is 9.85. The summed E-state index contributed by atoms with van der Waals surface area (Å²) in [6.07, 6.45) is 5.10. The largest absolute Gasteiger partial charge is 0.486 e. The van der Waals surface area contributed by atoms with Gasteiger partial charge < -0.3 is 4.74 Å². The third-order valence-electron chi connectivity index (χ3n) is 6.15. The highest BCUT2D eigenvalue weighted by Crippen LogP contribution is 2.53. The minimum absolute atomic E-state index is 0.0480. The Balaban J connectivity index is 1.34. The maximum absolute atomic E-state index is 12.9. The van der Waals surface area contributed by atoms with Crippen molar-refractivity contribution in [1.82, 2.24) is 0 Å². The number of carbonyl (C=O) groups is 2. The van der Waals surface area contributed by atoms with E-state index in [1.807, 2.05) is 49.4 Å². The highest BCUT2D eigenvalue weighted by Gasteiger charge is 2.59. The number of nitrogens with zero attached hydrogens (tertiary/aromatic N) is 1. The van der Waals surface area contributed by atoms with Crippen LogP contribution >= 0.6 is 0 Å². The van der Waals surface area contributed by atoms with E-state index < -0.39 is 0 Å². The molecule has 1 saturated heterocycles. The van der Waals surface area contributed by atoms with Gasteiger partial charge in [-0.15, -0.1) is 0 Å². The second-order valence-corrected chi connectivity index (χ2v) is 7.68. The first-order valence-corrected chi connectivity index (χ1v) is 9.51. The molecule has 4 heteroatoms. The van der Waals surface area contributed by atoms with E-state index in [0.29, 0.717) is 5.69 Å². The molecule has 1 heterocycles. The van der Waals surface area contributed by atoms with E-state index in [0.717, 1.165) is 17.7 Å². The molecule has 0 unspecified atom stereocenters. The molecule has 2 amide bonds. The fourth-order valence-electron chi connectivity index (χ4n) is 4.83. The zero-order valence-corrected chi connectivity index (χ0v) is 15.1. The topological polar surface area (TPSA) is 46.6 Å². The molecule has 5 atom stereocenters. The molecule has 0 N–H and O–H groups in total. The summed E-state index contributed by atoms with van der Waals surface area (Å²) in [5, 5.41) is 0. The molecule has 2 fully saturated rings. The summed E-state index contributed by atoms with van der Waals surface area (Å²) < 4.78 is 5.99. The molecule has 0 aromatic heterocycles. The fourth-order valence-corrected chi connectivity index (χ4v) is 4.83. The predicted molar refractivity (Wildman–Crippen MR) is 102 cm³/mol. The van der Waals surface area contributed by atoms with Crippen LogP contribution in [-0.4, -0.2) is 11.8 Å². The Hall–Kier alpha value is -2.88. The standard InChI is InChI=1S/C23H21NO3/c1-14(15-5-3-2-4-6-15)27-19-11-9-18(10-12-19)24-22(25)20-16-7-8-17(13-16)21(20)23(24)26/h2-12,14,16-17,20-21H,13H2,1H3/t14-,16+,17+,20-,21+/m1/s1. The molecule has 2 aliphatic carbocycles. The molecule has 1 aliphatic heterocycles. The zero-order valence-electron chi connectivity index (χ0n) is 15.1. The van der Waals surface area contributed by atoms with Crippen LogP contribution in [0.3, 0.4) is 0 Å². The quantitative estimate of drug-likeness (QED) is 0.609. The van der Waals surface area contributed by atoms with Crippen LogP contribution in [0.2, 0.25) is 0 Å². The van der Waals surface area contributed by atoms with E-state index in [4.69, 9.17) is 4.74 Å². The number of fused-ring (bicyclic) bond motifs is 5. The normalized spacial score (nSPS) is 29.3. The molecule has 0 radical (unpaired) electrons. The molecule has 2 bridgehead atoms. The lowest BCUT2D eigenvalue weighted by Crippen LogP contribution is -2.32. The maximum Gasteiger partial charge on any atom is 0.238 e. The van der Waals surface area contributed by atoms with Gasteiger partial charge in [-0.05, 0) is 55.0 Å². The summed E-state index contributed by atoms with van der Waals surface area (Å²) in [6, 6.07) is 17.3. The van der Waals surface area contributed by atoms with E-state index in [-0.39, 0.29) is 41.6 Å². The maximum atomic E-state index is 12.9. The van der Waals surface area contributed by atoms with Crippen molar-refractivity contribution in [3.63, 3.8) is 0 Å². The van der Waals surface area contributed by atoms with Crippen LogP contribution in [0.25, 0.3) is 0 Å². The van der Waals surface area contributed by atoms with Crippen LogP contribution in [0.15, 0.2) is 66.7 Å². The van der Waals surface area contributed by atoms with Crippen LogP contribution in [0.5, 0.6) is 5.75 Å². The summed E-state index contributed by atoms with van der Waals surface area (Å²) in [4.78, 5) is 27.1. The number of allylic oxidation sites excluding steroid dienone is 2. The van der Waals surface area contributed by atoms with Crippen molar-refractivity contribution in [3.8, 4) is 5.75 Å². The number of benzene rings is 2. The summed E-state index contributed by atoms with van der Waals surface area (Å²) >= 11 is 0. The van der Waals surface area contributed by atoms with Gasteiger partial charge in [-0.3, -0.25) is 14.5 Å². The first kappa shape index (κ1) is 16.3. The van der Waals surface area contributed by atoms with Crippen LogP contribution in [0, 0.1) is 23.7 Å². The molecule has 4 nitrogen and oxygen atoms in total. The Labute approximate surface area is 158 Å². The number of ether oxygens (including phenoxy) is 1. The predicted octanol–water partition coefficient (Wildman–Crippen LogP) is 4.14. The van der Waals surface area contributed by atoms with E-state index in [9.17, 15) is 9.59 Å². The van der Waals surface area contributed by atoms with Gasteiger partial charge in [0.15, 0.2) is 0 Å². The van der Waals surface area contributed by atoms with Gasteiger partial charge in [0.05, 0.1) is 17.5 Å². The third kappa shape index (κ3) is 2.51. The van der Waals surface area contributed by atoms with E-state index >= 15 is 0 Å². The van der Waals surface area contributed by atoms with Gasteiger partial charge in [-0.1, -0.05) is 42.5 Å². The minimum Gasteiger partial charge on any atom is -0.486 e. The van der Waals surface area contributed by atoms with Crippen molar-refractivity contribution in [2.24, 2.45) is 23.7 Å². The number of carbonyl (C=O) groups excluding carboxylic acids is 2. The van der Waals surface area contributed by atoms with E-state index in [1.54, 1.807) is 12.1 Å². The molecular weight excluding hydrogens is 338 g/mol. The van der Waals surface area contributed by atoms with Crippen LogP contribution in [-0.2, 0) is 9.59 Å². The lowest BCUT2D eigenvalue weighted by Gasteiger charge is -2.19. The summed E-state index contributed by atoms with van der Waals surface area (Å²) in [5.41, 5.74) is 1.74. The second kappa shape index (κ2) is 6.08. The zero-order chi connectivity index (χ0) is 18.5. The number of amides is 2. The van der Waals surface area contributed by atoms with E-state index in [1.165, 1.54) is 4.90 Å². The molecule has 136 valence electrons. The Morgan fingerprint density at radius 3 is 2.07 bits per heavy atom. The molecule has 3 aliphatic rings. The van der Waals surface area contributed by atoms with Crippen molar-refractivity contribution >= 4 is 17.5 Å². The number of rotatable bonds is 4. The average molecular weight is 359 g/mol. The van der Waals surface area contributed by atoms with Crippen molar-refractivity contribution in [2.45, 2.75) is 19.4 Å². The van der Waals surface area contributed by atoms with Crippen molar-refractivity contribution in [2.75, 3.05) is 4.90 Å². The van der Waals surface area contributed by atoms with Gasteiger partial charge in [0.1, 0.15) is 11.9 Å². The molecule has 1 saturated carbocycles. The Kier molecular flexibility index (Phi) is 3.67. The summed E-state index contributed by atoms with van der Waals surface area (Å²) in [7, 11) is 0. The Morgan fingerprint density at radius 2 is 1.48 bits per heavy atom. The highest BCUT2D eigenvalue weighted by molar-refractivity contribution is 6.22. The fraction of sp³-hybridized carbons (Fsp3) is 0.304. The molecule has 5 rings (SSSR count). The van der Waals surface area contributed by atoms with Crippen molar-refractivity contribution in [1.29, 1.82) is 0 Å². The van der Waals surface area contributed by atoms with E-state index in [2.05, 4.69) is 12.2 Å². The Morgan fingerprint density at radius 1 is 0.889 bits per heavy atom. The van der Waals surface area contributed by atoms with Gasteiger partial charge in [-0.2, -0.15) is 0 Å². The number of anilines is 1. The van der Waals surface area contributed by atoms with Crippen molar-refractivity contribution < 1.29 is 14.3 Å². The molecule has 2 aromatic rings. The smallest absolute Gasteiger partial charge is 0.238 e. The number of hydrogen-bond donors (Lipinski definition) is 0. The second-order valence-electron chi connectivity index (χ2n) is 7.68. The van der Waals surface area contributed by atoms with Crippen LogP contribution < -0.4 is 9.64 Å². The molecular formula is C23H21NO3. The summed E-state index contributed by atoms with van der Waals surface area (Å²) in [6.45, 7) is 2.00. The van der Waals surface area contributed by atoms with Gasteiger partial charge in [0.25, 0.3) is 0 Å². The molecule has 2 aromatic carbocycles. The SMILES string of the molecule is C[C@@H](Oc1ccc(N2C(=O)[C@@H]3[C@H](C2=O)[C@H]2C=C[C@H]3C2)cc1)c1ccccc1. The average Bonchev–Trinajstić information content (AvgIpc) is 3.37. The first-order valence-electron chi connectivity index (χ1n) is 9.51. The van der Waals surface area contributed by atoms with Gasteiger partial charge >= 0.3 is 0 Å². The van der Waals surface area contributed by atoms with Gasteiger partial charge in [-0.25, -0.2) is 0 Å². The lowest BCUT2D eigenvalue weighted by molar-refractivity contribution is -0.123. The monoisotopic (exact) mass is 359 g/mol. The van der Waals surface area contributed by atoms with Gasteiger partial charge in [0.2, 0.25) is 11.8 Å². The van der Waals surface area contributed by atoms with Crippen LogP contribution in [0.1, 0.15) is 25.0 Å². The van der Waals surface area contributed by atoms with Crippen LogP contribution in [0.4, 0.5) is 5.69 Å². The molecule has 0 spiro atoms. The number of imide groups is 1.